The van der Waals surface area contributed by atoms with Crippen LogP contribution in [-0.4, -0.2) is 16.5 Å². The summed E-state index contributed by atoms with van der Waals surface area (Å²) >= 11 is 0. The molecule has 0 fully saturated rings. The number of hydrogen-bond acceptors (Lipinski definition) is 3. The first kappa shape index (κ1) is 13.2. The number of nitrogens with zero attached hydrogens (tertiary/aromatic N) is 2. The highest BCUT2D eigenvalue weighted by atomic mass is 14.8. The first-order valence-corrected chi connectivity index (χ1v) is 6.29. The molecule has 0 saturated heterocycles. The minimum absolute atomic E-state index is 0.740. The van der Waals surface area contributed by atoms with Gasteiger partial charge in [-0.3, -0.25) is 0 Å². The maximum Gasteiger partial charge on any atom is 0.116 e. The molecular weight excluding hydrogens is 234 g/mol. The van der Waals surface area contributed by atoms with Gasteiger partial charge in [-0.1, -0.05) is 48.5 Å². The molecule has 0 amide bonds. The van der Waals surface area contributed by atoms with E-state index in [-0.39, 0.29) is 0 Å². The summed E-state index contributed by atoms with van der Waals surface area (Å²) in [4.78, 5) is 7.97. The van der Waals surface area contributed by atoms with Crippen molar-refractivity contribution in [2.24, 2.45) is 5.73 Å². The highest BCUT2D eigenvalue weighted by Crippen LogP contribution is 2.06. The van der Waals surface area contributed by atoms with Crippen molar-refractivity contribution in [1.29, 1.82) is 0 Å². The quantitative estimate of drug-likeness (QED) is 0.762. The molecule has 0 aliphatic heterocycles. The topological polar surface area (TPSA) is 51.8 Å². The molecule has 2 aromatic carbocycles. The van der Waals surface area contributed by atoms with Crippen LogP contribution in [0, 0.1) is 0 Å². The SMILES string of the molecule is NCCc1ccccc1.c1ccc2ncncc2c1. The van der Waals surface area contributed by atoms with E-state index in [1.54, 1.807) is 6.33 Å². The summed E-state index contributed by atoms with van der Waals surface area (Å²) in [7, 11) is 0. The van der Waals surface area contributed by atoms with Crippen molar-refractivity contribution in [2.75, 3.05) is 6.54 Å². The summed E-state index contributed by atoms with van der Waals surface area (Å²) < 4.78 is 0. The van der Waals surface area contributed by atoms with Crippen molar-refractivity contribution in [3.8, 4) is 0 Å². The van der Waals surface area contributed by atoms with E-state index in [4.69, 9.17) is 5.73 Å². The Morgan fingerprint density at radius 2 is 1.63 bits per heavy atom. The fraction of sp³-hybridized carbons (Fsp3) is 0.125. The molecule has 3 nitrogen and oxygen atoms in total. The van der Waals surface area contributed by atoms with Gasteiger partial charge in [-0.25, -0.2) is 9.97 Å². The summed E-state index contributed by atoms with van der Waals surface area (Å²) in [6.45, 7) is 0.740. The first-order valence-electron chi connectivity index (χ1n) is 6.29. The van der Waals surface area contributed by atoms with E-state index in [0.717, 1.165) is 23.9 Å². The Kier molecular flexibility index (Phi) is 5.02. The average Bonchev–Trinajstić information content (AvgIpc) is 2.50. The van der Waals surface area contributed by atoms with E-state index in [9.17, 15) is 0 Å². The zero-order chi connectivity index (χ0) is 13.3. The molecule has 0 unspecified atom stereocenters. The lowest BCUT2D eigenvalue weighted by molar-refractivity contribution is 0.969. The van der Waals surface area contributed by atoms with Crippen LogP contribution in [0.1, 0.15) is 5.56 Å². The molecule has 3 heteroatoms. The summed E-state index contributed by atoms with van der Waals surface area (Å²) in [5.41, 5.74) is 7.68. The molecule has 0 bridgehead atoms. The lowest BCUT2D eigenvalue weighted by atomic mass is 10.2. The maximum absolute atomic E-state index is 5.36. The Balaban J connectivity index is 0.000000141. The van der Waals surface area contributed by atoms with Gasteiger partial charge in [-0.05, 0) is 24.6 Å². The Morgan fingerprint density at radius 1 is 0.895 bits per heavy atom. The first-order chi connectivity index (χ1) is 9.40. The maximum atomic E-state index is 5.36. The van der Waals surface area contributed by atoms with Crippen LogP contribution in [0.2, 0.25) is 0 Å². The normalized spacial score (nSPS) is 9.74. The molecule has 0 saturated carbocycles. The minimum Gasteiger partial charge on any atom is -0.330 e. The van der Waals surface area contributed by atoms with E-state index in [2.05, 4.69) is 22.1 Å². The van der Waals surface area contributed by atoms with Gasteiger partial charge in [0.05, 0.1) is 5.52 Å². The lowest BCUT2D eigenvalue weighted by Crippen LogP contribution is -2.01. The molecule has 2 N–H and O–H groups in total. The van der Waals surface area contributed by atoms with Crippen LogP contribution in [0.3, 0.4) is 0 Å². The number of hydrogen-bond donors (Lipinski definition) is 1. The molecule has 19 heavy (non-hydrogen) atoms. The molecule has 0 aliphatic carbocycles. The second kappa shape index (κ2) is 7.24. The van der Waals surface area contributed by atoms with E-state index < -0.39 is 0 Å². The van der Waals surface area contributed by atoms with Gasteiger partial charge in [0.2, 0.25) is 0 Å². The standard InChI is InChI=1S/C8H6N2.C8H11N/c1-2-4-8-7(3-1)5-9-6-10-8;9-7-6-8-4-2-1-3-5-8/h1-6H;1-5H,6-7,9H2. The smallest absolute Gasteiger partial charge is 0.116 e. The molecule has 3 aromatic rings. The third kappa shape index (κ3) is 4.16. The van der Waals surface area contributed by atoms with Crippen LogP contribution in [0.25, 0.3) is 10.9 Å². The summed E-state index contributed by atoms with van der Waals surface area (Å²) in [5, 5.41) is 1.09. The Bertz CT molecular complexity index is 543. The predicted molar refractivity (Wildman–Crippen MR) is 78.7 cm³/mol. The van der Waals surface area contributed by atoms with Crippen molar-refractivity contribution in [3.05, 3.63) is 72.7 Å². The van der Waals surface area contributed by atoms with E-state index in [1.807, 2.05) is 48.7 Å². The molecule has 1 aromatic heterocycles. The summed E-state index contributed by atoms with van der Waals surface area (Å²) in [6, 6.07) is 18.2. The molecule has 0 radical (unpaired) electrons. The second-order valence-corrected chi connectivity index (χ2v) is 4.11. The Hall–Kier alpha value is -2.26. The van der Waals surface area contributed by atoms with Gasteiger partial charge < -0.3 is 5.73 Å². The van der Waals surface area contributed by atoms with Gasteiger partial charge in [0.1, 0.15) is 6.33 Å². The molecule has 96 valence electrons. The van der Waals surface area contributed by atoms with Crippen molar-refractivity contribution in [1.82, 2.24) is 9.97 Å². The number of aromatic nitrogens is 2. The number of para-hydroxylation sites is 1. The molecule has 0 atom stereocenters. The summed E-state index contributed by atoms with van der Waals surface area (Å²) in [5.74, 6) is 0. The highest BCUT2D eigenvalue weighted by Gasteiger charge is 1.87. The second-order valence-electron chi connectivity index (χ2n) is 4.11. The zero-order valence-electron chi connectivity index (χ0n) is 10.7. The van der Waals surface area contributed by atoms with Gasteiger partial charge in [0, 0.05) is 11.6 Å². The van der Waals surface area contributed by atoms with Gasteiger partial charge >= 0.3 is 0 Å². The Morgan fingerprint density at radius 3 is 2.37 bits per heavy atom. The number of rotatable bonds is 2. The average molecular weight is 251 g/mol. The number of nitrogens with two attached hydrogens (primary N) is 1. The van der Waals surface area contributed by atoms with Gasteiger partial charge in [0.25, 0.3) is 0 Å². The largest absolute Gasteiger partial charge is 0.330 e. The van der Waals surface area contributed by atoms with Gasteiger partial charge in [0.15, 0.2) is 0 Å². The monoisotopic (exact) mass is 251 g/mol. The number of benzene rings is 2. The van der Waals surface area contributed by atoms with Crippen molar-refractivity contribution >= 4 is 10.9 Å². The van der Waals surface area contributed by atoms with Crippen LogP contribution < -0.4 is 5.73 Å². The van der Waals surface area contributed by atoms with Crippen molar-refractivity contribution in [2.45, 2.75) is 6.42 Å². The minimum atomic E-state index is 0.740. The predicted octanol–water partition coefficient (Wildman–Crippen LogP) is 2.82. The highest BCUT2D eigenvalue weighted by molar-refractivity contribution is 5.76. The number of fused-ring (bicyclic) bond motifs is 1. The van der Waals surface area contributed by atoms with Crippen LogP contribution in [-0.2, 0) is 6.42 Å². The third-order valence-corrected chi connectivity index (χ3v) is 2.69. The summed E-state index contributed by atoms with van der Waals surface area (Å²) in [6.07, 6.45) is 4.35. The van der Waals surface area contributed by atoms with Gasteiger partial charge in [-0.15, -0.1) is 0 Å². The van der Waals surface area contributed by atoms with Crippen LogP contribution in [0.15, 0.2) is 67.1 Å². The Labute approximate surface area is 113 Å². The van der Waals surface area contributed by atoms with E-state index in [1.165, 1.54) is 5.56 Å². The van der Waals surface area contributed by atoms with E-state index >= 15 is 0 Å². The molecule has 0 spiro atoms. The third-order valence-electron chi connectivity index (χ3n) is 2.69. The fourth-order valence-corrected chi connectivity index (χ4v) is 1.73. The van der Waals surface area contributed by atoms with Gasteiger partial charge in [-0.2, -0.15) is 0 Å². The molecular formula is C16H17N3. The lowest BCUT2D eigenvalue weighted by Gasteiger charge is -1.93. The molecule has 0 aliphatic rings. The van der Waals surface area contributed by atoms with Crippen LogP contribution in [0.5, 0.6) is 0 Å². The molecule has 3 rings (SSSR count). The zero-order valence-corrected chi connectivity index (χ0v) is 10.7. The molecule has 1 heterocycles. The van der Waals surface area contributed by atoms with Crippen LogP contribution >= 0.6 is 0 Å². The van der Waals surface area contributed by atoms with Crippen molar-refractivity contribution in [3.63, 3.8) is 0 Å². The van der Waals surface area contributed by atoms with Crippen LogP contribution in [0.4, 0.5) is 0 Å². The fourth-order valence-electron chi connectivity index (χ4n) is 1.73. The van der Waals surface area contributed by atoms with Crippen molar-refractivity contribution < 1.29 is 0 Å². The van der Waals surface area contributed by atoms with E-state index in [0.29, 0.717) is 0 Å².